The first-order valence-electron chi connectivity index (χ1n) is 9.26. The van der Waals surface area contributed by atoms with Gasteiger partial charge in [0.1, 0.15) is 0 Å². The molecule has 0 aromatic heterocycles. The highest BCUT2D eigenvalue weighted by Crippen LogP contribution is 2.16. The standard InChI is InChI=1S/C20H31NO4/c1-25-16-12-8-6-4-2-3-5-7-9-15-19(22)21-18-14-11-10-13-17(18)20(23)24/h10-11,13-14H,2-9,12,15-16H2,1H3,(H,21,22)(H,23,24). The summed E-state index contributed by atoms with van der Waals surface area (Å²) in [6, 6.07) is 6.48. The number of hydrogen-bond acceptors (Lipinski definition) is 3. The lowest BCUT2D eigenvalue weighted by atomic mass is 10.1. The van der Waals surface area contributed by atoms with Crippen LogP contribution in [-0.2, 0) is 9.53 Å². The van der Waals surface area contributed by atoms with Crippen molar-refractivity contribution in [2.75, 3.05) is 19.0 Å². The summed E-state index contributed by atoms with van der Waals surface area (Å²) < 4.78 is 5.03. The number of benzene rings is 1. The molecule has 0 aliphatic rings. The van der Waals surface area contributed by atoms with Crippen LogP contribution >= 0.6 is 0 Å². The number of carboxylic acid groups (broad SMARTS) is 1. The van der Waals surface area contributed by atoms with E-state index in [2.05, 4.69) is 5.32 Å². The maximum absolute atomic E-state index is 11.9. The third-order valence-corrected chi connectivity index (χ3v) is 4.18. The summed E-state index contributed by atoms with van der Waals surface area (Å²) in [7, 11) is 1.74. The van der Waals surface area contributed by atoms with Crippen LogP contribution in [0.15, 0.2) is 24.3 Å². The van der Waals surface area contributed by atoms with E-state index in [9.17, 15) is 9.59 Å². The second-order valence-electron chi connectivity index (χ2n) is 6.32. The highest BCUT2D eigenvalue weighted by molar-refractivity contribution is 6.00. The van der Waals surface area contributed by atoms with Crippen LogP contribution in [0.3, 0.4) is 0 Å². The molecule has 1 aromatic carbocycles. The zero-order valence-corrected chi connectivity index (χ0v) is 15.3. The van der Waals surface area contributed by atoms with Crippen LogP contribution < -0.4 is 5.32 Å². The van der Waals surface area contributed by atoms with Gasteiger partial charge in [0.15, 0.2) is 0 Å². The van der Waals surface area contributed by atoms with Crippen LogP contribution in [0.4, 0.5) is 5.69 Å². The molecule has 0 atom stereocenters. The van der Waals surface area contributed by atoms with E-state index in [0.717, 1.165) is 32.3 Å². The Morgan fingerprint density at radius 2 is 1.48 bits per heavy atom. The molecule has 0 bridgehead atoms. The zero-order chi connectivity index (χ0) is 18.3. The van der Waals surface area contributed by atoms with Gasteiger partial charge in [-0.05, 0) is 25.0 Å². The number of ether oxygens (including phenoxy) is 1. The van der Waals surface area contributed by atoms with Crippen molar-refractivity contribution in [1.82, 2.24) is 0 Å². The molecule has 5 nitrogen and oxygen atoms in total. The monoisotopic (exact) mass is 349 g/mol. The second-order valence-corrected chi connectivity index (χ2v) is 6.32. The van der Waals surface area contributed by atoms with Crippen LogP contribution in [0.5, 0.6) is 0 Å². The Labute approximate surface area is 150 Å². The number of rotatable bonds is 14. The highest BCUT2D eigenvalue weighted by atomic mass is 16.5. The maximum atomic E-state index is 11.9. The molecule has 1 rings (SSSR count). The number of para-hydroxylation sites is 1. The summed E-state index contributed by atoms with van der Waals surface area (Å²) in [4.78, 5) is 23.0. The molecule has 1 aromatic rings. The molecule has 0 heterocycles. The molecule has 0 fully saturated rings. The lowest BCUT2D eigenvalue weighted by molar-refractivity contribution is -0.116. The summed E-state index contributed by atoms with van der Waals surface area (Å²) in [5.41, 5.74) is 0.495. The molecular formula is C20H31NO4. The maximum Gasteiger partial charge on any atom is 0.337 e. The van der Waals surface area contributed by atoms with Gasteiger partial charge in [0.25, 0.3) is 0 Å². The van der Waals surface area contributed by atoms with E-state index in [-0.39, 0.29) is 11.5 Å². The number of anilines is 1. The lowest BCUT2D eigenvalue weighted by Crippen LogP contribution is -2.14. The van der Waals surface area contributed by atoms with E-state index in [4.69, 9.17) is 9.84 Å². The first kappa shape index (κ1) is 21.2. The number of carbonyl (C=O) groups excluding carboxylic acids is 1. The minimum absolute atomic E-state index is 0.119. The van der Waals surface area contributed by atoms with Crippen molar-refractivity contribution in [2.45, 2.75) is 64.2 Å². The molecule has 0 saturated carbocycles. The van der Waals surface area contributed by atoms with Crippen molar-refractivity contribution in [3.8, 4) is 0 Å². The summed E-state index contributed by atoms with van der Waals surface area (Å²) in [5.74, 6) is -1.15. The number of methoxy groups -OCH3 is 1. The van der Waals surface area contributed by atoms with Gasteiger partial charge in [0, 0.05) is 20.1 Å². The Balaban J connectivity index is 2.05. The Morgan fingerprint density at radius 1 is 0.920 bits per heavy atom. The third-order valence-electron chi connectivity index (χ3n) is 4.18. The minimum Gasteiger partial charge on any atom is -0.478 e. The molecule has 2 N–H and O–H groups in total. The highest BCUT2D eigenvalue weighted by Gasteiger charge is 2.11. The number of hydrogen-bond donors (Lipinski definition) is 2. The number of carboxylic acids is 1. The van der Waals surface area contributed by atoms with Crippen LogP contribution in [0.2, 0.25) is 0 Å². The SMILES string of the molecule is COCCCCCCCCCCCC(=O)Nc1ccccc1C(=O)O. The van der Waals surface area contributed by atoms with E-state index in [1.54, 1.807) is 25.3 Å². The normalized spacial score (nSPS) is 10.6. The average molecular weight is 349 g/mol. The van der Waals surface area contributed by atoms with E-state index < -0.39 is 5.97 Å². The largest absolute Gasteiger partial charge is 0.478 e. The summed E-state index contributed by atoms with van der Waals surface area (Å²) in [5, 5.41) is 11.8. The smallest absolute Gasteiger partial charge is 0.337 e. The average Bonchev–Trinajstić information content (AvgIpc) is 2.60. The summed E-state index contributed by atoms with van der Waals surface area (Å²) in [6.07, 6.45) is 10.9. The Bertz CT molecular complexity index is 516. The number of carbonyl (C=O) groups is 2. The zero-order valence-electron chi connectivity index (χ0n) is 15.3. The number of amides is 1. The second kappa shape index (κ2) is 13.4. The van der Waals surface area contributed by atoms with Crippen LogP contribution in [0.25, 0.3) is 0 Å². The van der Waals surface area contributed by atoms with Crippen LogP contribution in [-0.4, -0.2) is 30.7 Å². The predicted octanol–water partition coefficient (Wildman–Crippen LogP) is 4.87. The van der Waals surface area contributed by atoms with Gasteiger partial charge in [0.2, 0.25) is 5.91 Å². The lowest BCUT2D eigenvalue weighted by Gasteiger charge is -2.08. The molecule has 1 amide bonds. The first-order valence-corrected chi connectivity index (χ1v) is 9.26. The minimum atomic E-state index is -1.03. The fourth-order valence-corrected chi connectivity index (χ4v) is 2.76. The van der Waals surface area contributed by atoms with Crippen molar-refractivity contribution in [2.24, 2.45) is 0 Å². The molecule has 0 aliphatic heterocycles. The van der Waals surface area contributed by atoms with Gasteiger partial charge < -0.3 is 15.2 Å². The van der Waals surface area contributed by atoms with E-state index in [1.165, 1.54) is 38.2 Å². The van der Waals surface area contributed by atoms with Gasteiger partial charge in [0.05, 0.1) is 11.3 Å². The van der Waals surface area contributed by atoms with Gasteiger partial charge >= 0.3 is 5.97 Å². The molecule has 0 spiro atoms. The Kier molecular flexibility index (Phi) is 11.4. The fourth-order valence-electron chi connectivity index (χ4n) is 2.76. The Morgan fingerprint density at radius 3 is 2.08 bits per heavy atom. The van der Waals surface area contributed by atoms with Gasteiger partial charge in [-0.2, -0.15) is 0 Å². The van der Waals surface area contributed by atoms with Gasteiger partial charge in [-0.15, -0.1) is 0 Å². The van der Waals surface area contributed by atoms with Crippen LogP contribution in [0.1, 0.15) is 74.6 Å². The van der Waals surface area contributed by atoms with Crippen molar-refractivity contribution in [1.29, 1.82) is 0 Å². The topological polar surface area (TPSA) is 75.6 Å². The molecule has 5 heteroatoms. The van der Waals surface area contributed by atoms with Crippen molar-refractivity contribution >= 4 is 17.6 Å². The van der Waals surface area contributed by atoms with E-state index in [0.29, 0.717) is 12.1 Å². The quantitative estimate of drug-likeness (QED) is 0.470. The first-order chi connectivity index (χ1) is 12.1. The number of unbranched alkanes of at least 4 members (excludes halogenated alkanes) is 8. The molecule has 0 radical (unpaired) electrons. The van der Waals surface area contributed by atoms with Crippen molar-refractivity contribution in [3.63, 3.8) is 0 Å². The van der Waals surface area contributed by atoms with Gasteiger partial charge in [-0.3, -0.25) is 4.79 Å². The fraction of sp³-hybridized carbons (Fsp3) is 0.600. The molecule has 25 heavy (non-hydrogen) atoms. The summed E-state index contributed by atoms with van der Waals surface area (Å²) in [6.45, 7) is 0.860. The van der Waals surface area contributed by atoms with Gasteiger partial charge in [-0.25, -0.2) is 4.79 Å². The van der Waals surface area contributed by atoms with Gasteiger partial charge in [-0.1, -0.05) is 57.1 Å². The molecule has 0 aliphatic carbocycles. The number of nitrogens with one attached hydrogen (secondary N) is 1. The molecule has 0 unspecified atom stereocenters. The van der Waals surface area contributed by atoms with Crippen molar-refractivity contribution < 1.29 is 19.4 Å². The third kappa shape index (κ3) is 9.87. The van der Waals surface area contributed by atoms with Crippen LogP contribution in [0, 0.1) is 0 Å². The molecular weight excluding hydrogens is 318 g/mol. The van der Waals surface area contributed by atoms with E-state index >= 15 is 0 Å². The van der Waals surface area contributed by atoms with Crippen molar-refractivity contribution in [3.05, 3.63) is 29.8 Å². The Hall–Kier alpha value is -1.88. The molecule has 140 valence electrons. The number of aromatic carboxylic acids is 1. The summed E-state index contributed by atoms with van der Waals surface area (Å²) >= 11 is 0. The van der Waals surface area contributed by atoms with E-state index in [1.807, 2.05) is 0 Å². The molecule has 0 saturated heterocycles. The predicted molar refractivity (Wildman–Crippen MR) is 100 cm³/mol.